The van der Waals surface area contributed by atoms with E-state index in [1.54, 1.807) is 0 Å². The monoisotopic (exact) mass is 235 g/mol. The molecule has 1 nitrogen and oxygen atoms in total. The van der Waals surface area contributed by atoms with Crippen LogP contribution < -0.4 is 0 Å². The van der Waals surface area contributed by atoms with Crippen molar-refractivity contribution in [3.8, 4) is 0 Å². The van der Waals surface area contributed by atoms with Crippen LogP contribution in [0.4, 0.5) is 0 Å². The molecule has 1 aliphatic rings. The summed E-state index contributed by atoms with van der Waals surface area (Å²) >= 11 is 0. The molecule has 9 heavy (non-hydrogen) atoms. The van der Waals surface area contributed by atoms with E-state index in [0.29, 0.717) is 0 Å². The van der Waals surface area contributed by atoms with Crippen molar-refractivity contribution in [1.82, 2.24) is 4.57 Å². The molecule has 0 amide bonds. The first-order valence-corrected chi connectivity index (χ1v) is 3.11. The van der Waals surface area contributed by atoms with Crippen LogP contribution in [0, 0.1) is 0 Å². The highest BCUT2D eigenvalue weighted by Crippen LogP contribution is 2.13. The zero-order chi connectivity index (χ0) is 5.40. The topological polar surface area (TPSA) is 4.93 Å². The fraction of sp³-hybridized carbons (Fsp3) is 0.429. The number of rotatable bonds is 0. The minimum atomic E-state index is 0. The maximum absolute atomic E-state index is 2.32. The van der Waals surface area contributed by atoms with Crippen molar-refractivity contribution in [1.29, 1.82) is 0 Å². The molecular weight excluding hydrogens is 225 g/mol. The smallest absolute Gasteiger partial charge is 0.0225 e. The molecule has 0 bridgehead atoms. The number of hydrogen-bond acceptors (Lipinski definition) is 0. The molecule has 2 heteroatoms. The fourth-order valence-electron chi connectivity index (χ4n) is 1.33. The van der Waals surface area contributed by atoms with Crippen LogP contribution in [0.3, 0.4) is 0 Å². The summed E-state index contributed by atoms with van der Waals surface area (Å²) < 4.78 is 2.32. The van der Waals surface area contributed by atoms with E-state index in [9.17, 15) is 0 Å². The first-order chi connectivity index (χ1) is 3.97. The molecule has 0 fully saturated rings. The van der Waals surface area contributed by atoms with Gasteiger partial charge in [-0.2, -0.15) is 0 Å². The Labute approximate surface area is 72.1 Å². The molecule has 0 radical (unpaired) electrons. The zero-order valence-corrected chi connectivity index (χ0v) is 7.54. The van der Waals surface area contributed by atoms with E-state index in [1.807, 2.05) is 0 Å². The molecule has 0 atom stereocenters. The van der Waals surface area contributed by atoms with Gasteiger partial charge in [0.25, 0.3) is 0 Å². The van der Waals surface area contributed by atoms with E-state index in [2.05, 4.69) is 22.9 Å². The highest BCUT2D eigenvalue weighted by Gasteiger charge is 2.06. The summed E-state index contributed by atoms with van der Waals surface area (Å²) in [6.45, 7) is 1.24. The molecule has 1 aromatic heterocycles. The van der Waals surface area contributed by atoms with E-state index in [4.69, 9.17) is 0 Å². The Morgan fingerprint density at radius 1 is 1.44 bits per heavy atom. The van der Waals surface area contributed by atoms with Gasteiger partial charge in [-0.25, -0.2) is 0 Å². The molecule has 0 spiro atoms. The van der Waals surface area contributed by atoms with Crippen molar-refractivity contribution in [2.24, 2.45) is 0 Å². The summed E-state index contributed by atoms with van der Waals surface area (Å²) in [5.41, 5.74) is 1.50. The molecule has 0 N–H and O–H groups in total. The molecule has 1 aliphatic heterocycles. The van der Waals surface area contributed by atoms with Crippen LogP contribution in [0.2, 0.25) is 0 Å². The quantitative estimate of drug-likeness (QED) is 0.606. The average molecular weight is 235 g/mol. The van der Waals surface area contributed by atoms with E-state index in [1.165, 1.54) is 25.1 Å². The summed E-state index contributed by atoms with van der Waals surface area (Å²) in [5, 5.41) is 0. The Hall–Kier alpha value is 0.01000. The Morgan fingerprint density at radius 3 is 3.11 bits per heavy atom. The minimum Gasteiger partial charge on any atom is -0.351 e. The van der Waals surface area contributed by atoms with Gasteiger partial charge in [0.05, 0.1) is 0 Å². The second kappa shape index (κ2) is 2.73. The summed E-state index contributed by atoms with van der Waals surface area (Å²) in [6.07, 6.45) is 4.78. The van der Waals surface area contributed by atoms with Gasteiger partial charge in [0.2, 0.25) is 0 Å². The van der Waals surface area contributed by atoms with Crippen molar-refractivity contribution >= 4 is 24.0 Å². The van der Waals surface area contributed by atoms with Crippen molar-refractivity contribution in [3.05, 3.63) is 24.0 Å². The van der Waals surface area contributed by atoms with Crippen LogP contribution in [0.25, 0.3) is 0 Å². The van der Waals surface area contributed by atoms with Crippen molar-refractivity contribution < 1.29 is 0 Å². The number of nitrogens with zero attached hydrogens (tertiary/aromatic N) is 1. The van der Waals surface area contributed by atoms with Crippen molar-refractivity contribution in [2.45, 2.75) is 19.4 Å². The van der Waals surface area contributed by atoms with Gasteiger partial charge in [0, 0.05) is 18.4 Å². The van der Waals surface area contributed by atoms with Crippen LogP contribution in [0.15, 0.2) is 18.3 Å². The summed E-state index contributed by atoms with van der Waals surface area (Å²) in [5.74, 6) is 0. The molecular formula is C7H10IN. The second-order valence-corrected chi connectivity index (χ2v) is 2.30. The minimum absolute atomic E-state index is 0. The molecule has 0 aliphatic carbocycles. The Bertz CT molecular complexity index is 174. The summed E-state index contributed by atoms with van der Waals surface area (Å²) in [4.78, 5) is 0. The van der Waals surface area contributed by atoms with Gasteiger partial charge >= 0.3 is 0 Å². The van der Waals surface area contributed by atoms with E-state index >= 15 is 0 Å². The van der Waals surface area contributed by atoms with Crippen molar-refractivity contribution in [3.63, 3.8) is 0 Å². The normalized spacial score (nSPS) is 14.7. The lowest BCUT2D eigenvalue weighted by Gasteiger charge is -1.90. The van der Waals surface area contributed by atoms with E-state index in [-0.39, 0.29) is 24.0 Å². The van der Waals surface area contributed by atoms with Gasteiger partial charge in [0.15, 0.2) is 0 Å². The first kappa shape index (κ1) is 7.12. The Kier molecular flexibility index (Phi) is 2.16. The number of fused-ring (bicyclic) bond motifs is 1. The number of halogens is 1. The standard InChI is InChI=1S/C7H9N.HI/c1-3-7-4-2-6-8(7)5-1;/h1,3,5H,2,4,6H2;1H. The average Bonchev–Trinajstić information content (AvgIpc) is 2.15. The molecule has 2 heterocycles. The van der Waals surface area contributed by atoms with Crippen LogP contribution in [-0.2, 0) is 13.0 Å². The molecule has 50 valence electrons. The molecule has 0 saturated carbocycles. The Morgan fingerprint density at radius 2 is 2.33 bits per heavy atom. The van der Waals surface area contributed by atoms with Gasteiger partial charge in [0.1, 0.15) is 0 Å². The maximum Gasteiger partial charge on any atom is 0.0225 e. The lowest BCUT2D eigenvalue weighted by atomic mass is 10.3. The third kappa shape index (κ3) is 1.13. The predicted molar refractivity (Wildman–Crippen MR) is 48.2 cm³/mol. The van der Waals surface area contributed by atoms with Gasteiger partial charge in [-0.05, 0) is 25.0 Å². The Balaban J connectivity index is 0.000000405. The number of aromatic nitrogens is 1. The van der Waals surface area contributed by atoms with Gasteiger partial charge in [-0.15, -0.1) is 24.0 Å². The fourth-order valence-corrected chi connectivity index (χ4v) is 1.33. The lowest BCUT2D eigenvalue weighted by Crippen LogP contribution is -1.86. The van der Waals surface area contributed by atoms with Gasteiger partial charge in [-0.1, -0.05) is 0 Å². The molecule has 0 saturated heterocycles. The van der Waals surface area contributed by atoms with E-state index in [0.717, 1.165) is 0 Å². The number of hydrogen-bond donors (Lipinski definition) is 0. The molecule has 0 aromatic carbocycles. The van der Waals surface area contributed by atoms with E-state index < -0.39 is 0 Å². The molecule has 0 unspecified atom stereocenters. The zero-order valence-electron chi connectivity index (χ0n) is 5.21. The molecule has 1 aromatic rings. The van der Waals surface area contributed by atoms with Crippen LogP contribution in [-0.4, -0.2) is 4.57 Å². The summed E-state index contributed by atoms with van der Waals surface area (Å²) in [7, 11) is 0. The summed E-state index contributed by atoms with van der Waals surface area (Å²) in [6, 6.07) is 4.32. The second-order valence-electron chi connectivity index (χ2n) is 2.30. The third-order valence-corrected chi connectivity index (χ3v) is 1.76. The van der Waals surface area contributed by atoms with Crippen LogP contribution >= 0.6 is 24.0 Å². The predicted octanol–water partition coefficient (Wildman–Crippen LogP) is 2.05. The first-order valence-electron chi connectivity index (χ1n) is 3.11. The lowest BCUT2D eigenvalue weighted by molar-refractivity contribution is 0.750. The van der Waals surface area contributed by atoms with Gasteiger partial charge < -0.3 is 4.57 Å². The SMILES string of the molecule is I.c1cc2n(c1)CCC2. The van der Waals surface area contributed by atoms with Gasteiger partial charge in [-0.3, -0.25) is 0 Å². The highest BCUT2D eigenvalue weighted by molar-refractivity contribution is 14.0. The van der Waals surface area contributed by atoms with Crippen molar-refractivity contribution in [2.75, 3.05) is 0 Å². The van der Waals surface area contributed by atoms with Crippen LogP contribution in [0.1, 0.15) is 12.1 Å². The largest absolute Gasteiger partial charge is 0.351 e. The highest BCUT2D eigenvalue weighted by atomic mass is 127. The van der Waals surface area contributed by atoms with Crippen LogP contribution in [0.5, 0.6) is 0 Å². The maximum atomic E-state index is 2.32. The third-order valence-electron chi connectivity index (χ3n) is 1.76. The molecule has 2 rings (SSSR count). The number of aryl methyl sites for hydroxylation is 2.